The molecule has 15 heavy (non-hydrogen) atoms. The smallest absolute Gasteiger partial charge is 0.245 e. The lowest BCUT2D eigenvalue weighted by Gasteiger charge is -2.36. The summed E-state index contributed by atoms with van der Waals surface area (Å²) >= 11 is 0. The molecule has 1 aromatic carbocycles. The summed E-state index contributed by atoms with van der Waals surface area (Å²) < 4.78 is 38.6. The molecule has 2 N–H and O–H groups in total. The van der Waals surface area contributed by atoms with E-state index in [9.17, 15) is 18.0 Å². The largest absolute Gasteiger partial charge is 0.318 e. The third-order valence-electron chi connectivity index (χ3n) is 2.27. The van der Waals surface area contributed by atoms with E-state index in [4.69, 9.17) is 5.73 Å². The Hall–Kier alpha value is -1.56. The van der Waals surface area contributed by atoms with Crippen molar-refractivity contribution in [2.24, 2.45) is 5.73 Å². The van der Waals surface area contributed by atoms with E-state index in [-0.39, 0.29) is 12.2 Å². The minimum Gasteiger partial charge on any atom is -0.318 e. The fourth-order valence-electron chi connectivity index (χ4n) is 1.39. The molecule has 1 saturated heterocycles. The van der Waals surface area contributed by atoms with Crippen molar-refractivity contribution in [1.29, 1.82) is 0 Å². The fraction of sp³-hybridized carbons (Fsp3) is 0.222. The van der Waals surface area contributed by atoms with Crippen LogP contribution in [0.4, 0.5) is 18.9 Å². The molecule has 3 nitrogen and oxygen atoms in total. The first-order valence-corrected chi connectivity index (χ1v) is 4.23. The molecule has 1 unspecified atom stereocenters. The number of benzene rings is 1. The topological polar surface area (TPSA) is 46.3 Å². The first-order chi connectivity index (χ1) is 7.02. The predicted octanol–water partition coefficient (Wildman–Crippen LogP) is 0.778. The van der Waals surface area contributed by atoms with Crippen molar-refractivity contribution in [2.75, 3.05) is 11.4 Å². The van der Waals surface area contributed by atoms with E-state index >= 15 is 0 Å². The second kappa shape index (κ2) is 3.23. The fourth-order valence-corrected chi connectivity index (χ4v) is 1.39. The molecular formula is C9H7F3N2O. The van der Waals surface area contributed by atoms with Crippen molar-refractivity contribution in [3.63, 3.8) is 0 Å². The molecule has 1 aliphatic rings. The SMILES string of the molecule is NC1CN(c2ccc(F)c(F)c2F)C1=O. The van der Waals surface area contributed by atoms with Crippen molar-refractivity contribution in [3.8, 4) is 0 Å². The van der Waals surface area contributed by atoms with Gasteiger partial charge in [0.15, 0.2) is 17.5 Å². The normalized spacial score (nSPS) is 20.4. The molecule has 0 saturated carbocycles. The maximum atomic E-state index is 13.2. The van der Waals surface area contributed by atoms with Crippen LogP contribution in [0.15, 0.2) is 12.1 Å². The van der Waals surface area contributed by atoms with Crippen molar-refractivity contribution >= 4 is 11.6 Å². The number of hydrogen-bond acceptors (Lipinski definition) is 2. The molecular weight excluding hydrogens is 209 g/mol. The van der Waals surface area contributed by atoms with E-state index in [1.54, 1.807) is 0 Å². The molecule has 1 aromatic rings. The number of carbonyl (C=O) groups excluding carboxylic acids is 1. The van der Waals surface area contributed by atoms with Gasteiger partial charge < -0.3 is 10.6 Å². The van der Waals surface area contributed by atoms with E-state index in [1.807, 2.05) is 0 Å². The number of nitrogens with zero attached hydrogens (tertiary/aromatic N) is 1. The maximum absolute atomic E-state index is 13.2. The summed E-state index contributed by atoms with van der Waals surface area (Å²) in [5, 5.41) is 0. The molecule has 0 spiro atoms. The molecule has 1 atom stereocenters. The number of β-lactam (4-membered cyclic amide) rings is 1. The Balaban J connectivity index is 2.38. The second-order valence-corrected chi connectivity index (χ2v) is 3.25. The van der Waals surface area contributed by atoms with E-state index < -0.39 is 29.4 Å². The number of nitrogens with two attached hydrogens (primary N) is 1. The molecule has 2 rings (SSSR count). The highest BCUT2D eigenvalue weighted by Crippen LogP contribution is 2.27. The van der Waals surface area contributed by atoms with Crippen molar-refractivity contribution in [3.05, 3.63) is 29.6 Å². The third kappa shape index (κ3) is 1.37. The lowest BCUT2D eigenvalue weighted by Crippen LogP contribution is -2.61. The quantitative estimate of drug-likeness (QED) is 0.557. The van der Waals surface area contributed by atoms with Gasteiger partial charge in [-0.15, -0.1) is 0 Å². The van der Waals surface area contributed by atoms with Crippen molar-refractivity contribution < 1.29 is 18.0 Å². The summed E-state index contributed by atoms with van der Waals surface area (Å²) in [5.41, 5.74) is 5.01. The zero-order valence-corrected chi connectivity index (χ0v) is 7.51. The van der Waals surface area contributed by atoms with Gasteiger partial charge in [-0.25, -0.2) is 13.2 Å². The highest BCUT2D eigenvalue weighted by Gasteiger charge is 2.36. The highest BCUT2D eigenvalue weighted by atomic mass is 19.2. The molecule has 0 aliphatic carbocycles. The van der Waals surface area contributed by atoms with Crippen LogP contribution in [-0.2, 0) is 4.79 Å². The summed E-state index contributed by atoms with van der Waals surface area (Å²) in [5.74, 6) is -4.73. The number of rotatable bonds is 1. The zero-order valence-electron chi connectivity index (χ0n) is 7.51. The van der Waals surface area contributed by atoms with Gasteiger partial charge in [-0.2, -0.15) is 0 Å². The lowest BCUT2D eigenvalue weighted by atomic mass is 10.1. The van der Waals surface area contributed by atoms with Crippen LogP contribution in [0.2, 0.25) is 0 Å². The standard InChI is InChI=1S/C9H7F3N2O/c10-4-1-2-6(8(12)7(4)11)14-3-5(13)9(14)15/h1-2,5H,3,13H2. The summed E-state index contributed by atoms with van der Waals surface area (Å²) in [7, 11) is 0. The maximum Gasteiger partial charge on any atom is 0.245 e. The van der Waals surface area contributed by atoms with Crippen molar-refractivity contribution in [1.82, 2.24) is 0 Å². The summed E-state index contributed by atoms with van der Waals surface area (Å²) in [6.45, 7) is 0.112. The molecule has 0 aromatic heterocycles. The predicted molar refractivity (Wildman–Crippen MR) is 46.6 cm³/mol. The van der Waals surface area contributed by atoms with Gasteiger partial charge in [-0.1, -0.05) is 0 Å². The average molecular weight is 216 g/mol. The van der Waals surface area contributed by atoms with E-state index in [1.165, 1.54) is 0 Å². The number of hydrogen-bond donors (Lipinski definition) is 1. The summed E-state index contributed by atoms with van der Waals surface area (Å²) in [4.78, 5) is 12.1. The molecule has 0 radical (unpaired) electrons. The van der Waals surface area contributed by atoms with Crippen LogP contribution in [0.3, 0.4) is 0 Å². The lowest BCUT2D eigenvalue weighted by molar-refractivity contribution is -0.123. The van der Waals surface area contributed by atoms with Gasteiger partial charge in [-0.3, -0.25) is 4.79 Å². The van der Waals surface area contributed by atoms with E-state index in [0.717, 1.165) is 17.0 Å². The van der Waals surface area contributed by atoms with Gasteiger partial charge in [0, 0.05) is 0 Å². The second-order valence-electron chi connectivity index (χ2n) is 3.25. The summed E-state index contributed by atoms with van der Waals surface area (Å²) in [6.07, 6.45) is 0. The van der Waals surface area contributed by atoms with Gasteiger partial charge in [0.25, 0.3) is 0 Å². The first-order valence-electron chi connectivity index (χ1n) is 4.23. The van der Waals surface area contributed by atoms with Crippen LogP contribution in [0.25, 0.3) is 0 Å². The van der Waals surface area contributed by atoms with Crippen LogP contribution >= 0.6 is 0 Å². The van der Waals surface area contributed by atoms with Gasteiger partial charge >= 0.3 is 0 Å². The number of halogens is 3. The van der Waals surface area contributed by atoms with Crippen molar-refractivity contribution in [2.45, 2.75) is 6.04 Å². The number of carbonyl (C=O) groups is 1. The monoisotopic (exact) mass is 216 g/mol. The minimum absolute atomic E-state index is 0.112. The molecule has 80 valence electrons. The van der Waals surface area contributed by atoms with E-state index in [2.05, 4.69) is 0 Å². The molecule has 1 aliphatic heterocycles. The molecule has 1 heterocycles. The van der Waals surface area contributed by atoms with Crippen LogP contribution < -0.4 is 10.6 Å². The van der Waals surface area contributed by atoms with Gasteiger partial charge in [0.1, 0.15) is 6.04 Å². The minimum atomic E-state index is -1.58. The molecule has 6 heteroatoms. The Kier molecular flexibility index (Phi) is 2.15. The third-order valence-corrected chi connectivity index (χ3v) is 2.27. The number of anilines is 1. The Labute approximate surface area is 83.3 Å². The highest BCUT2D eigenvalue weighted by molar-refractivity contribution is 6.03. The van der Waals surface area contributed by atoms with Gasteiger partial charge in [0.2, 0.25) is 5.91 Å². The zero-order chi connectivity index (χ0) is 11.2. The Morgan fingerprint density at radius 2 is 1.93 bits per heavy atom. The Morgan fingerprint density at radius 1 is 1.27 bits per heavy atom. The van der Waals surface area contributed by atoms with Crippen LogP contribution in [0, 0.1) is 17.5 Å². The first kappa shape index (κ1) is 9.97. The molecule has 0 bridgehead atoms. The van der Waals surface area contributed by atoms with Crippen LogP contribution in [0.1, 0.15) is 0 Å². The Bertz CT molecular complexity index is 436. The van der Waals surface area contributed by atoms with Crippen LogP contribution in [-0.4, -0.2) is 18.5 Å². The average Bonchev–Trinajstić information content (AvgIpc) is 2.23. The van der Waals surface area contributed by atoms with Gasteiger partial charge in [0.05, 0.1) is 12.2 Å². The molecule has 1 amide bonds. The van der Waals surface area contributed by atoms with E-state index in [0.29, 0.717) is 0 Å². The molecule has 1 fully saturated rings. The number of amides is 1. The summed E-state index contributed by atoms with van der Waals surface area (Å²) in [6, 6.07) is 1.10. The van der Waals surface area contributed by atoms with Gasteiger partial charge in [-0.05, 0) is 12.1 Å². The van der Waals surface area contributed by atoms with Crippen LogP contribution in [0.5, 0.6) is 0 Å². The Morgan fingerprint density at radius 3 is 2.47 bits per heavy atom.